The molecule has 0 atom stereocenters. The molecular formula is C14H22O3. The number of hydrogen-bond donors (Lipinski definition) is 1. The van der Waals surface area contributed by atoms with Crippen LogP contribution in [-0.4, -0.2) is 24.1 Å². The minimum Gasteiger partial charge on any atom is -0.491 e. The van der Waals surface area contributed by atoms with Gasteiger partial charge in [-0.05, 0) is 30.7 Å². The summed E-state index contributed by atoms with van der Waals surface area (Å²) in [6.07, 6.45) is 1.44. The number of aliphatic hydroxyl groups is 1. The van der Waals surface area contributed by atoms with Crippen molar-refractivity contribution in [3.63, 3.8) is 0 Å². The first kappa shape index (κ1) is 15.7. The predicted octanol–water partition coefficient (Wildman–Crippen LogP) is 3.07. The monoisotopic (exact) mass is 238 g/mol. The maximum Gasteiger partial charge on any atom is 0.162 e. The van der Waals surface area contributed by atoms with Crippen LogP contribution in [0.25, 0.3) is 0 Å². The average molecular weight is 238 g/mol. The Balaban J connectivity index is 0.00000121. The lowest BCUT2D eigenvalue weighted by Crippen LogP contribution is -2.02. The third kappa shape index (κ3) is 6.07. The fourth-order valence-corrected chi connectivity index (χ4v) is 1.27. The number of carbonyl (C=O) groups is 1. The number of carbonyl (C=O) groups excluding carboxylic acids is 1. The zero-order valence-electron chi connectivity index (χ0n) is 10.9. The Morgan fingerprint density at radius 2 is 1.82 bits per heavy atom. The molecule has 1 aromatic rings. The van der Waals surface area contributed by atoms with Gasteiger partial charge in [-0.3, -0.25) is 4.79 Å². The van der Waals surface area contributed by atoms with E-state index in [1.807, 2.05) is 20.8 Å². The Labute approximate surface area is 103 Å². The second-order valence-corrected chi connectivity index (χ2v) is 3.27. The first-order valence-corrected chi connectivity index (χ1v) is 6.15. The number of ketones is 1. The molecule has 0 unspecified atom stereocenters. The summed E-state index contributed by atoms with van der Waals surface area (Å²) in [6.45, 7) is 6.26. The summed E-state index contributed by atoms with van der Waals surface area (Å²) in [5, 5.41) is 8.56. The third-order valence-electron chi connectivity index (χ3n) is 2.01. The highest BCUT2D eigenvalue weighted by atomic mass is 16.5. The van der Waals surface area contributed by atoms with Crippen LogP contribution in [0.15, 0.2) is 24.3 Å². The van der Waals surface area contributed by atoms with E-state index in [1.165, 1.54) is 0 Å². The fourth-order valence-electron chi connectivity index (χ4n) is 1.27. The maximum absolute atomic E-state index is 11.5. The Bertz CT molecular complexity index is 304. The van der Waals surface area contributed by atoms with Crippen LogP contribution in [0.5, 0.6) is 5.75 Å². The van der Waals surface area contributed by atoms with Crippen molar-refractivity contribution in [3.05, 3.63) is 29.8 Å². The molecule has 0 radical (unpaired) electrons. The van der Waals surface area contributed by atoms with Crippen LogP contribution < -0.4 is 4.74 Å². The molecule has 1 rings (SSSR count). The van der Waals surface area contributed by atoms with E-state index in [0.717, 1.165) is 6.42 Å². The van der Waals surface area contributed by atoms with Gasteiger partial charge in [-0.1, -0.05) is 20.8 Å². The number of Topliss-reactive ketones (excluding diaryl/α,β-unsaturated/α-hetero) is 1. The second kappa shape index (κ2) is 9.85. The minimum atomic E-state index is -0.00346. The molecule has 0 saturated heterocycles. The molecule has 0 bridgehead atoms. The van der Waals surface area contributed by atoms with Gasteiger partial charge in [-0.25, -0.2) is 0 Å². The van der Waals surface area contributed by atoms with Crippen molar-refractivity contribution >= 4 is 5.78 Å². The van der Waals surface area contributed by atoms with E-state index in [2.05, 4.69) is 0 Å². The molecule has 17 heavy (non-hydrogen) atoms. The SMILES string of the molecule is CC.CCCC(=O)c1ccc(OCCO)cc1. The van der Waals surface area contributed by atoms with Crippen LogP contribution >= 0.6 is 0 Å². The normalized spacial score (nSPS) is 9.18. The van der Waals surface area contributed by atoms with E-state index in [-0.39, 0.29) is 19.0 Å². The molecule has 0 saturated carbocycles. The lowest BCUT2D eigenvalue weighted by atomic mass is 10.1. The molecule has 0 aliphatic rings. The van der Waals surface area contributed by atoms with Gasteiger partial charge in [-0.15, -0.1) is 0 Å². The molecule has 3 heteroatoms. The molecule has 3 nitrogen and oxygen atoms in total. The Morgan fingerprint density at radius 1 is 1.24 bits per heavy atom. The van der Waals surface area contributed by atoms with Gasteiger partial charge in [0.25, 0.3) is 0 Å². The molecule has 96 valence electrons. The van der Waals surface area contributed by atoms with Crippen LogP contribution in [0.2, 0.25) is 0 Å². The quantitative estimate of drug-likeness (QED) is 0.775. The largest absolute Gasteiger partial charge is 0.491 e. The van der Waals surface area contributed by atoms with Gasteiger partial charge in [-0.2, -0.15) is 0 Å². The highest BCUT2D eigenvalue weighted by Crippen LogP contribution is 2.13. The molecule has 0 amide bonds. The van der Waals surface area contributed by atoms with E-state index in [9.17, 15) is 4.79 Å². The summed E-state index contributed by atoms with van der Waals surface area (Å²) in [4.78, 5) is 11.5. The average Bonchev–Trinajstić information content (AvgIpc) is 2.39. The van der Waals surface area contributed by atoms with Crippen molar-refractivity contribution in [1.82, 2.24) is 0 Å². The fraction of sp³-hybridized carbons (Fsp3) is 0.500. The molecule has 0 heterocycles. The van der Waals surface area contributed by atoms with Crippen LogP contribution in [0, 0.1) is 0 Å². The van der Waals surface area contributed by atoms with Crippen LogP contribution in [0.3, 0.4) is 0 Å². The second-order valence-electron chi connectivity index (χ2n) is 3.27. The third-order valence-corrected chi connectivity index (χ3v) is 2.01. The number of benzene rings is 1. The van der Waals surface area contributed by atoms with Gasteiger partial charge >= 0.3 is 0 Å². The highest BCUT2D eigenvalue weighted by molar-refractivity contribution is 5.96. The first-order valence-electron chi connectivity index (χ1n) is 6.15. The molecule has 1 aromatic carbocycles. The molecule has 0 aromatic heterocycles. The maximum atomic E-state index is 11.5. The minimum absolute atomic E-state index is 0.00346. The van der Waals surface area contributed by atoms with Crippen LogP contribution in [-0.2, 0) is 0 Å². The number of aliphatic hydroxyl groups excluding tert-OH is 1. The topological polar surface area (TPSA) is 46.5 Å². The van der Waals surface area contributed by atoms with Gasteiger partial charge in [0.1, 0.15) is 12.4 Å². The predicted molar refractivity (Wildman–Crippen MR) is 69.6 cm³/mol. The zero-order valence-corrected chi connectivity index (χ0v) is 10.9. The Morgan fingerprint density at radius 3 is 2.29 bits per heavy atom. The molecule has 0 fully saturated rings. The first-order chi connectivity index (χ1) is 8.27. The van der Waals surface area contributed by atoms with Crippen molar-refractivity contribution < 1.29 is 14.6 Å². The Kier molecular flexibility index (Phi) is 9.06. The van der Waals surface area contributed by atoms with Gasteiger partial charge in [0.05, 0.1) is 6.61 Å². The molecule has 0 aliphatic carbocycles. The van der Waals surface area contributed by atoms with Gasteiger partial charge < -0.3 is 9.84 Å². The van der Waals surface area contributed by atoms with Crippen molar-refractivity contribution in [3.8, 4) is 5.75 Å². The number of hydrogen-bond acceptors (Lipinski definition) is 3. The number of ether oxygens (including phenoxy) is 1. The Hall–Kier alpha value is -1.35. The van der Waals surface area contributed by atoms with E-state index in [0.29, 0.717) is 17.7 Å². The van der Waals surface area contributed by atoms with Crippen molar-refractivity contribution in [1.29, 1.82) is 0 Å². The van der Waals surface area contributed by atoms with Gasteiger partial charge in [0.15, 0.2) is 5.78 Å². The standard InChI is InChI=1S/C12H16O3.C2H6/c1-2-3-12(14)10-4-6-11(7-5-10)15-9-8-13;1-2/h4-7,13H,2-3,8-9H2,1H3;1-2H3. The van der Waals surface area contributed by atoms with Crippen molar-refractivity contribution in [2.45, 2.75) is 33.6 Å². The van der Waals surface area contributed by atoms with E-state index in [4.69, 9.17) is 9.84 Å². The highest BCUT2D eigenvalue weighted by Gasteiger charge is 2.03. The smallest absolute Gasteiger partial charge is 0.162 e. The van der Waals surface area contributed by atoms with E-state index in [1.54, 1.807) is 24.3 Å². The van der Waals surface area contributed by atoms with Crippen molar-refractivity contribution in [2.24, 2.45) is 0 Å². The molecule has 0 spiro atoms. The van der Waals surface area contributed by atoms with E-state index >= 15 is 0 Å². The number of rotatable bonds is 6. The lowest BCUT2D eigenvalue weighted by molar-refractivity contribution is 0.0981. The summed E-state index contributed by atoms with van der Waals surface area (Å²) in [5.74, 6) is 0.836. The van der Waals surface area contributed by atoms with E-state index < -0.39 is 0 Å². The lowest BCUT2D eigenvalue weighted by Gasteiger charge is -2.04. The summed E-state index contributed by atoms with van der Waals surface area (Å²) in [5.41, 5.74) is 0.716. The molecular weight excluding hydrogens is 216 g/mol. The van der Waals surface area contributed by atoms with Crippen LogP contribution in [0.4, 0.5) is 0 Å². The summed E-state index contributed by atoms with van der Waals surface area (Å²) in [6, 6.07) is 7.01. The summed E-state index contributed by atoms with van der Waals surface area (Å²) in [7, 11) is 0. The molecule has 0 aliphatic heterocycles. The van der Waals surface area contributed by atoms with Crippen molar-refractivity contribution in [2.75, 3.05) is 13.2 Å². The zero-order chi connectivity index (χ0) is 13.1. The summed E-state index contributed by atoms with van der Waals surface area (Å²) >= 11 is 0. The summed E-state index contributed by atoms with van der Waals surface area (Å²) < 4.78 is 5.19. The van der Waals surface area contributed by atoms with Gasteiger partial charge in [0, 0.05) is 12.0 Å². The van der Waals surface area contributed by atoms with Gasteiger partial charge in [0.2, 0.25) is 0 Å². The molecule has 1 N–H and O–H groups in total. The van der Waals surface area contributed by atoms with Crippen LogP contribution in [0.1, 0.15) is 44.0 Å².